The summed E-state index contributed by atoms with van der Waals surface area (Å²) in [5.74, 6) is 0.452. The van der Waals surface area contributed by atoms with Gasteiger partial charge in [0.05, 0.1) is 11.3 Å². The molecule has 3 heterocycles. The standard InChI is InChI=1S/C25H25N3O/c29-25-21(10-6-14-26-25)24-23(20-9-4-5-11-22(20)27-24)19-12-15-28(16-13-19)17-18-7-2-1-3-8-18/h1-11,14,19,27H,12-13,15-17H2,(H,26,29). The largest absolute Gasteiger partial charge is 0.354 e. The van der Waals surface area contributed by atoms with Crippen molar-refractivity contribution in [3.63, 3.8) is 0 Å². The number of fused-ring (bicyclic) bond motifs is 1. The summed E-state index contributed by atoms with van der Waals surface area (Å²) in [7, 11) is 0. The number of hydrogen-bond acceptors (Lipinski definition) is 2. The van der Waals surface area contributed by atoms with E-state index in [1.165, 1.54) is 16.5 Å². The van der Waals surface area contributed by atoms with Crippen LogP contribution in [0.15, 0.2) is 77.7 Å². The van der Waals surface area contributed by atoms with E-state index in [1.807, 2.05) is 18.2 Å². The predicted molar refractivity (Wildman–Crippen MR) is 118 cm³/mol. The number of nitrogens with one attached hydrogen (secondary N) is 2. The van der Waals surface area contributed by atoms with Crippen LogP contribution in [0.3, 0.4) is 0 Å². The Balaban J connectivity index is 1.45. The van der Waals surface area contributed by atoms with E-state index in [9.17, 15) is 4.79 Å². The summed E-state index contributed by atoms with van der Waals surface area (Å²) in [6, 6.07) is 22.9. The van der Waals surface area contributed by atoms with E-state index < -0.39 is 0 Å². The SMILES string of the molecule is O=c1[nH]cccc1-c1[nH]c2ccccc2c1C1CCN(Cc2ccccc2)CC1. The fraction of sp³-hybridized carbons (Fsp3) is 0.240. The number of pyridine rings is 1. The lowest BCUT2D eigenvalue weighted by molar-refractivity contribution is 0.205. The van der Waals surface area contributed by atoms with Crippen LogP contribution in [0.4, 0.5) is 0 Å². The van der Waals surface area contributed by atoms with Gasteiger partial charge in [-0.1, -0.05) is 48.5 Å². The molecule has 0 spiro atoms. The summed E-state index contributed by atoms with van der Waals surface area (Å²) in [5.41, 5.74) is 5.44. The van der Waals surface area contributed by atoms with Crippen molar-refractivity contribution in [2.75, 3.05) is 13.1 Å². The van der Waals surface area contributed by atoms with Gasteiger partial charge in [-0.05, 0) is 61.2 Å². The van der Waals surface area contributed by atoms with Gasteiger partial charge < -0.3 is 9.97 Å². The third-order valence-corrected chi connectivity index (χ3v) is 6.08. The fourth-order valence-corrected chi connectivity index (χ4v) is 4.64. The van der Waals surface area contributed by atoms with Crippen LogP contribution >= 0.6 is 0 Å². The first-order valence-corrected chi connectivity index (χ1v) is 10.3. The Labute approximate surface area is 170 Å². The second-order valence-electron chi connectivity index (χ2n) is 7.91. The van der Waals surface area contributed by atoms with Crippen LogP contribution in [0.25, 0.3) is 22.2 Å². The van der Waals surface area contributed by atoms with E-state index in [2.05, 4.69) is 63.4 Å². The maximum Gasteiger partial charge on any atom is 0.257 e. The average molecular weight is 383 g/mol. The first kappa shape index (κ1) is 18.0. The molecule has 29 heavy (non-hydrogen) atoms. The molecular formula is C25H25N3O. The minimum Gasteiger partial charge on any atom is -0.354 e. The molecule has 1 aliphatic rings. The minimum atomic E-state index is -0.0400. The van der Waals surface area contributed by atoms with Crippen LogP contribution in [-0.2, 0) is 6.54 Å². The Hall–Kier alpha value is -3.11. The molecule has 4 heteroatoms. The molecule has 0 atom stereocenters. The summed E-state index contributed by atoms with van der Waals surface area (Å²) in [6.07, 6.45) is 3.90. The highest BCUT2D eigenvalue weighted by Gasteiger charge is 2.26. The molecule has 5 rings (SSSR count). The van der Waals surface area contributed by atoms with Crippen molar-refractivity contribution in [3.05, 3.63) is 94.4 Å². The molecule has 1 aliphatic heterocycles. The van der Waals surface area contributed by atoms with Crippen LogP contribution in [0, 0.1) is 0 Å². The van der Waals surface area contributed by atoms with E-state index >= 15 is 0 Å². The van der Waals surface area contributed by atoms with Crippen molar-refractivity contribution < 1.29 is 0 Å². The number of para-hydroxylation sites is 1. The number of likely N-dealkylation sites (tertiary alicyclic amines) is 1. The monoisotopic (exact) mass is 383 g/mol. The van der Waals surface area contributed by atoms with Crippen LogP contribution in [0.2, 0.25) is 0 Å². The van der Waals surface area contributed by atoms with E-state index in [0.717, 1.165) is 49.2 Å². The topological polar surface area (TPSA) is 51.9 Å². The molecule has 0 radical (unpaired) electrons. The molecule has 2 aromatic heterocycles. The van der Waals surface area contributed by atoms with Crippen molar-refractivity contribution in [2.45, 2.75) is 25.3 Å². The number of H-pyrrole nitrogens is 2. The second kappa shape index (κ2) is 7.72. The molecule has 0 saturated carbocycles. The molecular weight excluding hydrogens is 358 g/mol. The molecule has 146 valence electrons. The number of piperidine rings is 1. The molecule has 0 unspecified atom stereocenters. The fourth-order valence-electron chi connectivity index (χ4n) is 4.64. The van der Waals surface area contributed by atoms with E-state index in [4.69, 9.17) is 0 Å². The molecule has 0 aliphatic carbocycles. The van der Waals surface area contributed by atoms with E-state index in [0.29, 0.717) is 5.92 Å². The molecule has 0 amide bonds. The van der Waals surface area contributed by atoms with Crippen LogP contribution in [-0.4, -0.2) is 28.0 Å². The number of aromatic nitrogens is 2. The number of rotatable bonds is 4. The molecule has 1 fully saturated rings. The van der Waals surface area contributed by atoms with Gasteiger partial charge in [0.2, 0.25) is 0 Å². The average Bonchev–Trinajstić information content (AvgIpc) is 3.15. The van der Waals surface area contributed by atoms with E-state index in [-0.39, 0.29) is 5.56 Å². The third kappa shape index (κ3) is 3.52. The number of aromatic amines is 2. The van der Waals surface area contributed by atoms with Crippen molar-refractivity contribution in [2.24, 2.45) is 0 Å². The van der Waals surface area contributed by atoms with Gasteiger partial charge in [-0.25, -0.2) is 0 Å². The normalized spacial score (nSPS) is 15.7. The van der Waals surface area contributed by atoms with Gasteiger partial charge in [-0.15, -0.1) is 0 Å². The van der Waals surface area contributed by atoms with Gasteiger partial charge in [0, 0.05) is 23.6 Å². The maximum absolute atomic E-state index is 12.5. The zero-order chi connectivity index (χ0) is 19.6. The summed E-state index contributed by atoms with van der Waals surface area (Å²) < 4.78 is 0. The Kier molecular flexibility index (Phi) is 4.78. The van der Waals surface area contributed by atoms with Gasteiger partial charge in [-0.2, -0.15) is 0 Å². The molecule has 4 nitrogen and oxygen atoms in total. The van der Waals surface area contributed by atoms with Crippen LogP contribution in [0.5, 0.6) is 0 Å². The molecule has 2 aromatic carbocycles. The van der Waals surface area contributed by atoms with Gasteiger partial charge >= 0.3 is 0 Å². The number of benzene rings is 2. The third-order valence-electron chi connectivity index (χ3n) is 6.08. The predicted octanol–water partition coefficient (Wildman–Crippen LogP) is 4.90. The highest BCUT2D eigenvalue weighted by Crippen LogP contribution is 2.39. The molecule has 1 saturated heterocycles. The summed E-state index contributed by atoms with van der Waals surface area (Å²) in [6.45, 7) is 3.15. The quantitative estimate of drug-likeness (QED) is 0.526. The highest BCUT2D eigenvalue weighted by molar-refractivity contribution is 5.91. The van der Waals surface area contributed by atoms with E-state index in [1.54, 1.807) is 6.20 Å². The maximum atomic E-state index is 12.5. The van der Waals surface area contributed by atoms with Crippen LogP contribution in [0.1, 0.15) is 29.9 Å². The van der Waals surface area contributed by atoms with Gasteiger partial charge in [0.1, 0.15) is 0 Å². The minimum absolute atomic E-state index is 0.0400. The Morgan fingerprint density at radius 3 is 2.45 bits per heavy atom. The van der Waals surface area contributed by atoms with Crippen molar-refractivity contribution >= 4 is 10.9 Å². The lowest BCUT2D eigenvalue weighted by atomic mass is 9.86. The lowest BCUT2D eigenvalue weighted by Crippen LogP contribution is -2.32. The Bertz CT molecular complexity index is 1170. The number of hydrogen-bond donors (Lipinski definition) is 2. The highest BCUT2D eigenvalue weighted by atomic mass is 16.1. The zero-order valence-electron chi connectivity index (χ0n) is 16.4. The van der Waals surface area contributed by atoms with Crippen molar-refractivity contribution in [1.82, 2.24) is 14.9 Å². The Morgan fingerprint density at radius 2 is 1.66 bits per heavy atom. The first-order chi connectivity index (χ1) is 14.3. The van der Waals surface area contributed by atoms with Crippen molar-refractivity contribution in [3.8, 4) is 11.3 Å². The molecule has 0 bridgehead atoms. The lowest BCUT2D eigenvalue weighted by Gasteiger charge is -2.32. The van der Waals surface area contributed by atoms with Gasteiger partial charge in [0.25, 0.3) is 5.56 Å². The zero-order valence-corrected chi connectivity index (χ0v) is 16.4. The second-order valence-corrected chi connectivity index (χ2v) is 7.91. The number of nitrogens with zero attached hydrogens (tertiary/aromatic N) is 1. The summed E-state index contributed by atoms with van der Waals surface area (Å²) >= 11 is 0. The molecule has 4 aromatic rings. The van der Waals surface area contributed by atoms with Gasteiger partial charge in [-0.3, -0.25) is 9.69 Å². The van der Waals surface area contributed by atoms with Crippen molar-refractivity contribution in [1.29, 1.82) is 0 Å². The molecule has 2 N–H and O–H groups in total. The Morgan fingerprint density at radius 1 is 0.897 bits per heavy atom. The van der Waals surface area contributed by atoms with Gasteiger partial charge in [0.15, 0.2) is 0 Å². The smallest absolute Gasteiger partial charge is 0.257 e. The summed E-state index contributed by atoms with van der Waals surface area (Å²) in [5, 5.41) is 1.24. The van der Waals surface area contributed by atoms with Crippen LogP contribution < -0.4 is 5.56 Å². The first-order valence-electron chi connectivity index (χ1n) is 10.3. The summed E-state index contributed by atoms with van der Waals surface area (Å²) in [4.78, 5) is 21.4.